The Bertz CT molecular complexity index is 200. The minimum absolute atomic E-state index is 0.00434. The molecular formula is C10H20F3N3. The topological polar surface area (TPSA) is 32.5 Å². The lowest BCUT2D eigenvalue weighted by Crippen LogP contribution is -2.55. The Balaban J connectivity index is 2.53. The number of alkyl halides is 3. The van der Waals surface area contributed by atoms with Crippen LogP contribution >= 0.6 is 0 Å². The number of nitrogens with two attached hydrogens (primary N) is 1. The summed E-state index contributed by atoms with van der Waals surface area (Å²) in [7, 11) is 0. The van der Waals surface area contributed by atoms with E-state index in [0.717, 1.165) is 6.54 Å². The van der Waals surface area contributed by atoms with E-state index in [9.17, 15) is 13.2 Å². The zero-order chi connectivity index (χ0) is 12.2. The van der Waals surface area contributed by atoms with Crippen LogP contribution in [0, 0.1) is 0 Å². The monoisotopic (exact) mass is 239 g/mol. The molecule has 0 aromatic heterocycles. The van der Waals surface area contributed by atoms with Crippen LogP contribution in [0.1, 0.15) is 13.3 Å². The first-order valence-electron chi connectivity index (χ1n) is 5.72. The lowest BCUT2D eigenvalue weighted by molar-refractivity contribution is -0.188. The molecule has 0 aromatic rings. The second kappa shape index (κ2) is 5.84. The number of likely N-dealkylation sites (N-methyl/N-ethyl adjacent to an activating group) is 1. The Kier molecular flexibility index (Phi) is 5.01. The summed E-state index contributed by atoms with van der Waals surface area (Å²) in [5, 5.41) is 0. The van der Waals surface area contributed by atoms with E-state index in [4.69, 9.17) is 5.73 Å². The highest BCUT2D eigenvalue weighted by molar-refractivity contribution is 4.83. The predicted octanol–water partition coefficient (Wildman–Crippen LogP) is 0.904. The number of halogens is 3. The van der Waals surface area contributed by atoms with E-state index in [2.05, 4.69) is 4.90 Å². The second-order valence-electron chi connectivity index (χ2n) is 4.10. The van der Waals surface area contributed by atoms with Gasteiger partial charge < -0.3 is 10.6 Å². The molecule has 1 fully saturated rings. The van der Waals surface area contributed by atoms with Gasteiger partial charge in [-0.3, -0.25) is 4.90 Å². The molecule has 3 nitrogen and oxygen atoms in total. The van der Waals surface area contributed by atoms with Crippen molar-refractivity contribution in [3.8, 4) is 0 Å². The van der Waals surface area contributed by atoms with Crippen LogP contribution in [0.25, 0.3) is 0 Å². The van der Waals surface area contributed by atoms with Gasteiger partial charge in [-0.05, 0) is 19.5 Å². The molecule has 2 N–H and O–H groups in total. The van der Waals surface area contributed by atoms with Crippen molar-refractivity contribution in [2.24, 2.45) is 5.73 Å². The summed E-state index contributed by atoms with van der Waals surface area (Å²) in [6, 6.07) is -1.36. The second-order valence-corrected chi connectivity index (χ2v) is 4.10. The molecule has 1 heterocycles. The highest BCUT2D eigenvalue weighted by atomic mass is 19.4. The van der Waals surface area contributed by atoms with Crippen molar-refractivity contribution in [3.63, 3.8) is 0 Å². The third-order valence-corrected chi connectivity index (χ3v) is 3.11. The van der Waals surface area contributed by atoms with Crippen molar-refractivity contribution < 1.29 is 13.2 Å². The minimum Gasteiger partial charge on any atom is -0.330 e. The molecule has 0 spiro atoms. The third kappa shape index (κ3) is 3.61. The van der Waals surface area contributed by atoms with Crippen molar-refractivity contribution in [1.82, 2.24) is 9.80 Å². The van der Waals surface area contributed by atoms with Crippen LogP contribution in [0.3, 0.4) is 0 Å². The van der Waals surface area contributed by atoms with E-state index < -0.39 is 12.2 Å². The highest BCUT2D eigenvalue weighted by Gasteiger charge is 2.43. The van der Waals surface area contributed by atoms with E-state index >= 15 is 0 Å². The van der Waals surface area contributed by atoms with Crippen LogP contribution < -0.4 is 5.73 Å². The molecule has 0 bridgehead atoms. The van der Waals surface area contributed by atoms with Gasteiger partial charge in [0.05, 0.1) is 0 Å². The molecule has 0 aromatic carbocycles. The summed E-state index contributed by atoms with van der Waals surface area (Å²) >= 11 is 0. The van der Waals surface area contributed by atoms with E-state index in [0.29, 0.717) is 26.2 Å². The Labute approximate surface area is 94.4 Å². The van der Waals surface area contributed by atoms with Crippen molar-refractivity contribution in [2.75, 3.05) is 39.3 Å². The van der Waals surface area contributed by atoms with Gasteiger partial charge >= 0.3 is 6.18 Å². The zero-order valence-electron chi connectivity index (χ0n) is 9.63. The fraction of sp³-hybridized carbons (Fsp3) is 1.00. The van der Waals surface area contributed by atoms with E-state index in [1.54, 1.807) is 0 Å². The Morgan fingerprint density at radius 2 is 1.75 bits per heavy atom. The summed E-state index contributed by atoms with van der Waals surface area (Å²) in [5.41, 5.74) is 5.25. The average Bonchev–Trinajstić information content (AvgIpc) is 2.25. The van der Waals surface area contributed by atoms with Crippen molar-refractivity contribution in [2.45, 2.75) is 25.6 Å². The summed E-state index contributed by atoms with van der Waals surface area (Å²) in [4.78, 5) is 3.67. The molecule has 6 heteroatoms. The molecule has 1 saturated heterocycles. The predicted molar refractivity (Wildman–Crippen MR) is 57.2 cm³/mol. The van der Waals surface area contributed by atoms with Gasteiger partial charge in [0, 0.05) is 26.2 Å². The maximum Gasteiger partial charge on any atom is 0.404 e. The number of piperazine rings is 1. The first kappa shape index (κ1) is 13.7. The first-order valence-corrected chi connectivity index (χ1v) is 5.72. The summed E-state index contributed by atoms with van der Waals surface area (Å²) < 4.78 is 38.3. The average molecular weight is 239 g/mol. The summed E-state index contributed by atoms with van der Waals surface area (Å²) in [6.45, 7) is 5.41. The van der Waals surface area contributed by atoms with Gasteiger partial charge in [-0.15, -0.1) is 0 Å². The lowest BCUT2D eigenvalue weighted by Gasteiger charge is -2.39. The van der Waals surface area contributed by atoms with Crippen LogP contribution in [-0.2, 0) is 0 Å². The van der Waals surface area contributed by atoms with Crippen molar-refractivity contribution in [1.29, 1.82) is 0 Å². The number of hydrogen-bond acceptors (Lipinski definition) is 3. The van der Waals surface area contributed by atoms with Gasteiger partial charge in [0.1, 0.15) is 6.04 Å². The molecule has 1 aliphatic heterocycles. The molecule has 1 atom stereocenters. The molecule has 0 radical (unpaired) electrons. The van der Waals surface area contributed by atoms with Crippen LogP contribution in [0.15, 0.2) is 0 Å². The Morgan fingerprint density at radius 1 is 1.19 bits per heavy atom. The lowest BCUT2D eigenvalue weighted by atomic mass is 10.1. The van der Waals surface area contributed by atoms with E-state index in [-0.39, 0.29) is 13.0 Å². The molecule has 0 saturated carbocycles. The Hall–Kier alpha value is -0.330. The highest BCUT2D eigenvalue weighted by Crippen LogP contribution is 2.27. The zero-order valence-corrected chi connectivity index (χ0v) is 9.63. The van der Waals surface area contributed by atoms with Gasteiger partial charge in [-0.2, -0.15) is 13.2 Å². The molecule has 1 aliphatic rings. The SMILES string of the molecule is CCN1CCN(C(CCN)C(F)(F)F)CC1. The molecule has 1 unspecified atom stereocenters. The summed E-state index contributed by atoms with van der Waals surface area (Å²) in [6.07, 6.45) is -4.16. The third-order valence-electron chi connectivity index (χ3n) is 3.11. The quantitative estimate of drug-likeness (QED) is 0.791. The van der Waals surface area contributed by atoms with Crippen molar-refractivity contribution in [3.05, 3.63) is 0 Å². The number of nitrogens with zero attached hydrogens (tertiary/aromatic N) is 2. The normalized spacial score (nSPS) is 22.3. The van der Waals surface area contributed by atoms with E-state index in [1.165, 1.54) is 4.90 Å². The molecule has 0 aliphatic carbocycles. The van der Waals surface area contributed by atoms with Crippen LogP contribution in [-0.4, -0.2) is 61.3 Å². The standard InChI is InChI=1S/C10H20F3N3/c1-2-15-5-7-16(8-6-15)9(3-4-14)10(11,12)13/h9H,2-8,14H2,1H3. The first-order chi connectivity index (χ1) is 7.49. The van der Waals surface area contributed by atoms with E-state index in [1.807, 2.05) is 6.92 Å². The maximum absolute atomic E-state index is 12.8. The van der Waals surface area contributed by atoms with Crippen LogP contribution in [0.4, 0.5) is 13.2 Å². The van der Waals surface area contributed by atoms with Crippen LogP contribution in [0.5, 0.6) is 0 Å². The van der Waals surface area contributed by atoms with Gasteiger partial charge in [0.25, 0.3) is 0 Å². The van der Waals surface area contributed by atoms with Gasteiger partial charge in [-0.1, -0.05) is 6.92 Å². The molecule has 1 rings (SSSR count). The fourth-order valence-corrected chi connectivity index (χ4v) is 2.10. The van der Waals surface area contributed by atoms with Gasteiger partial charge in [-0.25, -0.2) is 0 Å². The minimum atomic E-state index is -4.16. The molecule has 16 heavy (non-hydrogen) atoms. The van der Waals surface area contributed by atoms with Crippen LogP contribution in [0.2, 0.25) is 0 Å². The number of hydrogen-bond donors (Lipinski definition) is 1. The molecular weight excluding hydrogens is 219 g/mol. The van der Waals surface area contributed by atoms with Crippen molar-refractivity contribution >= 4 is 0 Å². The molecule has 96 valence electrons. The van der Waals surface area contributed by atoms with Gasteiger partial charge in [0.15, 0.2) is 0 Å². The largest absolute Gasteiger partial charge is 0.404 e. The smallest absolute Gasteiger partial charge is 0.330 e. The Morgan fingerprint density at radius 3 is 2.12 bits per heavy atom. The fourth-order valence-electron chi connectivity index (χ4n) is 2.10. The molecule has 0 amide bonds. The van der Waals surface area contributed by atoms with Gasteiger partial charge in [0.2, 0.25) is 0 Å². The maximum atomic E-state index is 12.8. The summed E-state index contributed by atoms with van der Waals surface area (Å²) in [5.74, 6) is 0. The number of rotatable bonds is 4.